The quantitative estimate of drug-likeness (QED) is 0.549. The highest BCUT2D eigenvalue weighted by Crippen LogP contribution is 2.24. The van der Waals surface area contributed by atoms with Gasteiger partial charge in [0.2, 0.25) is 0 Å². The third-order valence-corrected chi connectivity index (χ3v) is 2.36. The van der Waals surface area contributed by atoms with Crippen LogP contribution in [0.4, 0.5) is 0 Å². The number of piperidine rings is 1. The van der Waals surface area contributed by atoms with Gasteiger partial charge >= 0.3 is 0 Å². The van der Waals surface area contributed by atoms with Crippen LogP contribution >= 0.6 is 12.4 Å². The fraction of sp³-hybridized carbons (Fsp3) is 0.714. The molecule has 1 spiro atoms. The Morgan fingerprint density at radius 2 is 2.08 bits per heavy atom. The minimum absolute atomic E-state index is 0. The van der Waals surface area contributed by atoms with Crippen LogP contribution in [0.25, 0.3) is 0 Å². The Balaban J connectivity index is 0.000000720. The van der Waals surface area contributed by atoms with E-state index in [1.807, 2.05) is 0 Å². The van der Waals surface area contributed by atoms with Crippen LogP contribution in [0.3, 0.4) is 0 Å². The molecule has 2 aliphatic heterocycles. The van der Waals surface area contributed by atoms with E-state index in [-0.39, 0.29) is 18.3 Å². The number of hydrogen-bond donors (Lipinski definition) is 2. The molecule has 0 aromatic heterocycles. The molecule has 68 valence electrons. The summed E-state index contributed by atoms with van der Waals surface area (Å²) in [7, 11) is 0. The minimum atomic E-state index is -0.411. The lowest BCUT2D eigenvalue weighted by Crippen LogP contribution is -2.47. The normalized spacial score (nSPS) is 25.2. The average molecular weight is 190 g/mol. The zero-order chi connectivity index (χ0) is 7.73. The van der Waals surface area contributed by atoms with Gasteiger partial charge in [0.05, 0.1) is 6.34 Å². The van der Waals surface area contributed by atoms with Crippen LogP contribution in [0.1, 0.15) is 12.8 Å². The Morgan fingerprint density at radius 3 is 2.58 bits per heavy atom. The number of carbonyl (C=O) groups is 1. The molecule has 0 aliphatic carbocycles. The van der Waals surface area contributed by atoms with Crippen LogP contribution < -0.4 is 10.6 Å². The lowest BCUT2D eigenvalue weighted by atomic mass is 9.89. The molecule has 2 rings (SSSR count). The van der Waals surface area contributed by atoms with E-state index in [9.17, 15) is 4.79 Å². The summed E-state index contributed by atoms with van der Waals surface area (Å²) in [5, 5.41) is 5.82. The van der Waals surface area contributed by atoms with Gasteiger partial charge in [-0.25, -0.2) is 0 Å². The summed E-state index contributed by atoms with van der Waals surface area (Å²) in [6.45, 7) is 1.79. The summed E-state index contributed by atoms with van der Waals surface area (Å²) < 4.78 is 0. The molecular formula is C7H12ClN3O. The van der Waals surface area contributed by atoms with Crippen LogP contribution in [0.5, 0.6) is 0 Å². The van der Waals surface area contributed by atoms with Gasteiger partial charge in [-0.2, -0.15) is 0 Å². The van der Waals surface area contributed by atoms with Crippen molar-refractivity contribution < 1.29 is 4.79 Å². The van der Waals surface area contributed by atoms with E-state index in [1.165, 1.54) is 6.34 Å². The van der Waals surface area contributed by atoms with E-state index in [0.717, 1.165) is 25.9 Å². The fourth-order valence-corrected chi connectivity index (χ4v) is 1.60. The lowest BCUT2D eigenvalue weighted by Gasteiger charge is -2.28. The Bertz CT molecular complexity index is 211. The van der Waals surface area contributed by atoms with Crippen molar-refractivity contribution in [2.24, 2.45) is 4.99 Å². The van der Waals surface area contributed by atoms with E-state index in [0.29, 0.717) is 0 Å². The molecular weight excluding hydrogens is 178 g/mol. The van der Waals surface area contributed by atoms with Gasteiger partial charge in [0.1, 0.15) is 5.54 Å². The Morgan fingerprint density at radius 1 is 1.42 bits per heavy atom. The summed E-state index contributed by atoms with van der Waals surface area (Å²) >= 11 is 0. The summed E-state index contributed by atoms with van der Waals surface area (Å²) in [6.07, 6.45) is 3.18. The second kappa shape index (κ2) is 3.41. The van der Waals surface area contributed by atoms with E-state index in [1.54, 1.807) is 0 Å². The number of halogens is 1. The molecule has 4 nitrogen and oxygen atoms in total. The van der Waals surface area contributed by atoms with Crippen LogP contribution in [0.15, 0.2) is 4.99 Å². The van der Waals surface area contributed by atoms with Crippen molar-refractivity contribution in [3.8, 4) is 0 Å². The van der Waals surface area contributed by atoms with Crippen molar-refractivity contribution in [3.63, 3.8) is 0 Å². The van der Waals surface area contributed by atoms with Crippen molar-refractivity contribution in [1.29, 1.82) is 0 Å². The van der Waals surface area contributed by atoms with Crippen LogP contribution in [-0.2, 0) is 4.79 Å². The second-order valence-corrected chi connectivity index (χ2v) is 3.01. The number of nitrogens with zero attached hydrogens (tertiary/aromatic N) is 1. The number of aliphatic imine (C=N–C) groups is 1. The molecule has 0 saturated carbocycles. The maximum atomic E-state index is 11.3. The number of nitrogens with one attached hydrogen (secondary N) is 2. The largest absolute Gasteiger partial charge is 0.317 e. The third kappa shape index (κ3) is 1.32. The zero-order valence-corrected chi connectivity index (χ0v) is 7.49. The van der Waals surface area contributed by atoms with Crippen molar-refractivity contribution in [1.82, 2.24) is 10.6 Å². The summed E-state index contributed by atoms with van der Waals surface area (Å²) in [6, 6.07) is 0. The molecule has 0 atom stereocenters. The highest BCUT2D eigenvalue weighted by molar-refractivity contribution is 6.00. The standard InChI is InChI=1S/C7H11N3O.ClH/c11-6-7(10-5-9-6)1-3-8-4-2-7;/h5,8H,1-4H2,(H,9,10,11);1H. The van der Waals surface area contributed by atoms with E-state index >= 15 is 0 Å². The Hall–Kier alpha value is -0.610. The Labute approximate surface area is 77.2 Å². The summed E-state index contributed by atoms with van der Waals surface area (Å²) in [5.74, 6) is 0.0685. The van der Waals surface area contributed by atoms with Gasteiger partial charge < -0.3 is 10.6 Å². The summed E-state index contributed by atoms with van der Waals surface area (Å²) in [4.78, 5) is 15.5. The molecule has 2 heterocycles. The SMILES string of the molecule is Cl.O=C1NC=NC12CCNCC2. The first kappa shape index (κ1) is 9.48. The smallest absolute Gasteiger partial charge is 0.253 e. The molecule has 0 bridgehead atoms. The van der Waals surface area contributed by atoms with Crippen LogP contribution in [0.2, 0.25) is 0 Å². The molecule has 0 radical (unpaired) electrons. The number of carbonyl (C=O) groups excluding carboxylic acids is 1. The first-order valence-corrected chi connectivity index (χ1v) is 3.89. The number of rotatable bonds is 0. The fourth-order valence-electron chi connectivity index (χ4n) is 1.60. The molecule has 12 heavy (non-hydrogen) atoms. The highest BCUT2D eigenvalue weighted by Gasteiger charge is 2.41. The van der Waals surface area contributed by atoms with Gasteiger partial charge in [-0.3, -0.25) is 9.79 Å². The monoisotopic (exact) mass is 189 g/mol. The van der Waals surface area contributed by atoms with E-state index < -0.39 is 5.54 Å². The summed E-state index contributed by atoms with van der Waals surface area (Å²) in [5.41, 5.74) is -0.411. The van der Waals surface area contributed by atoms with Gasteiger partial charge in [0.15, 0.2) is 0 Å². The molecule has 0 unspecified atom stereocenters. The highest BCUT2D eigenvalue weighted by atomic mass is 35.5. The van der Waals surface area contributed by atoms with Crippen LogP contribution in [0, 0.1) is 0 Å². The van der Waals surface area contributed by atoms with Gasteiger partial charge in [0, 0.05) is 0 Å². The predicted octanol–water partition coefficient (Wildman–Crippen LogP) is -0.312. The van der Waals surface area contributed by atoms with Crippen molar-refractivity contribution in [2.45, 2.75) is 18.4 Å². The molecule has 1 amide bonds. The first-order valence-electron chi connectivity index (χ1n) is 3.89. The number of amides is 1. The van der Waals surface area contributed by atoms with E-state index in [2.05, 4.69) is 15.6 Å². The van der Waals surface area contributed by atoms with Crippen molar-refractivity contribution in [2.75, 3.05) is 13.1 Å². The molecule has 1 saturated heterocycles. The van der Waals surface area contributed by atoms with Gasteiger partial charge in [-0.15, -0.1) is 12.4 Å². The third-order valence-electron chi connectivity index (χ3n) is 2.36. The molecule has 0 aromatic carbocycles. The second-order valence-electron chi connectivity index (χ2n) is 3.01. The maximum absolute atomic E-state index is 11.3. The lowest BCUT2D eigenvalue weighted by molar-refractivity contribution is -0.124. The minimum Gasteiger partial charge on any atom is -0.317 e. The molecule has 5 heteroatoms. The molecule has 0 aromatic rings. The van der Waals surface area contributed by atoms with Gasteiger partial charge in [-0.05, 0) is 25.9 Å². The van der Waals surface area contributed by atoms with Gasteiger partial charge in [-0.1, -0.05) is 0 Å². The average Bonchev–Trinajstić information content (AvgIpc) is 2.36. The first-order chi connectivity index (χ1) is 5.33. The van der Waals surface area contributed by atoms with Gasteiger partial charge in [0.25, 0.3) is 5.91 Å². The molecule has 2 N–H and O–H groups in total. The van der Waals surface area contributed by atoms with E-state index in [4.69, 9.17) is 0 Å². The molecule has 1 fully saturated rings. The molecule has 2 aliphatic rings. The number of hydrogen-bond acceptors (Lipinski definition) is 3. The van der Waals surface area contributed by atoms with Crippen molar-refractivity contribution in [3.05, 3.63) is 0 Å². The Kier molecular flexibility index (Phi) is 2.69. The maximum Gasteiger partial charge on any atom is 0.253 e. The van der Waals surface area contributed by atoms with Crippen molar-refractivity contribution >= 4 is 24.7 Å². The zero-order valence-electron chi connectivity index (χ0n) is 6.67. The van der Waals surface area contributed by atoms with Crippen LogP contribution in [-0.4, -0.2) is 30.9 Å². The topological polar surface area (TPSA) is 53.5 Å². The predicted molar refractivity (Wildman–Crippen MR) is 48.7 cm³/mol.